The van der Waals surface area contributed by atoms with E-state index in [1.54, 1.807) is 0 Å². The van der Waals surface area contributed by atoms with Gasteiger partial charge in [0.2, 0.25) is 5.91 Å². The van der Waals surface area contributed by atoms with Crippen LogP contribution in [0, 0.1) is 0 Å². The van der Waals surface area contributed by atoms with Gasteiger partial charge in [-0.3, -0.25) is 4.79 Å². The number of fused-ring (bicyclic) bond motifs is 2. The normalized spacial score (nSPS) is 28.4. The van der Waals surface area contributed by atoms with Gasteiger partial charge in [0.05, 0.1) is 0 Å². The van der Waals surface area contributed by atoms with E-state index in [0.717, 1.165) is 23.7 Å². The lowest BCUT2D eigenvalue weighted by Crippen LogP contribution is -2.48. The summed E-state index contributed by atoms with van der Waals surface area (Å²) in [6, 6.07) is 9.81. The predicted molar refractivity (Wildman–Crippen MR) is 83.6 cm³/mol. The molecule has 0 radical (unpaired) electrons. The van der Waals surface area contributed by atoms with Gasteiger partial charge < -0.3 is 10.6 Å². The van der Waals surface area contributed by atoms with Gasteiger partial charge in [0, 0.05) is 29.0 Å². The van der Waals surface area contributed by atoms with E-state index in [2.05, 4.69) is 38.7 Å². The van der Waals surface area contributed by atoms with Crippen LogP contribution in [0.3, 0.4) is 0 Å². The van der Waals surface area contributed by atoms with Crippen LogP contribution in [0.15, 0.2) is 28.7 Å². The minimum atomic E-state index is 0.191. The van der Waals surface area contributed by atoms with E-state index in [4.69, 9.17) is 0 Å². The second-order valence-corrected chi connectivity index (χ2v) is 6.92. The van der Waals surface area contributed by atoms with Crippen LogP contribution in [0.5, 0.6) is 0 Å². The van der Waals surface area contributed by atoms with Crippen LogP contribution in [0.4, 0.5) is 0 Å². The van der Waals surface area contributed by atoms with E-state index in [0.29, 0.717) is 24.5 Å². The fourth-order valence-corrected chi connectivity index (χ4v) is 3.87. The molecule has 2 unspecified atom stereocenters. The summed E-state index contributed by atoms with van der Waals surface area (Å²) in [7, 11) is 0. The van der Waals surface area contributed by atoms with Gasteiger partial charge >= 0.3 is 0 Å². The number of piperidine rings is 1. The molecule has 2 atom stereocenters. The summed E-state index contributed by atoms with van der Waals surface area (Å²) in [6.45, 7) is 0. The van der Waals surface area contributed by atoms with Gasteiger partial charge in [-0.25, -0.2) is 0 Å². The maximum Gasteiger partial charge on any atom is 0.220 e. The molecule has 0 aromatic heterocycles. The molecule has 2 heterocycles. The third kappa shape index (κ3) is 3.61. The number of nitrogens with one attached hydrogen (secondary N) is 2. The van der Waals surface area contributed by atoms with Crippen molar-refractivity contribution in [2.45, 2.75) is 56.7 Å². The maximum atomic E-state index is 12.1. The number of hydrogen-bond acceptors (Lipinski definition) is 2. The molecule has 2 bridgehead atoms. The molecule has 0 saturated carbocycles. The molecule has 2 aliphatic heterocycles. The number of benzene rings is 1. The number of carbonyl (C=O) groups excluding carboxylic acids is 1. The van der Waals surface area contributed by atoms with Crippen molar-refractivity contribution < 1.29 is 4.79 Å². The minimum Gasteiger partial charge on any atom is -0.353 e. The SMILES string of the molecule is O=C(CCc1cccc(Br)c1)NC1CC2CCC(C1)N2. The molecule has 2 N–H and O–H groups in total. The number of halogens is 1. The topological polar surface area (TPSA) is 41.1 Å². The molecule has 108 valence electrons. The number of carbonyl (C=O) groups is 1. The van der Waals surface area contributed by atoms with Gasteiger partial charge in [-0.1, -0.05) is 28.1 Å². The zero-order valence-corrected chi connectivity index (χ0v) is 13.2. The predicted octanol–water partition coefficient (Wildman–Crippen LogP) is 2.78. The van der Waals surface area contributed by atoms with Crippen LogP contribution in [-0.2, 0) is 11.2 Å². The van der Waals surface area contributed by atoms with Gasteiger partial charge in [-0.2, -0.15) is 0 Å². The first-order chi connectivity index (χ1) is 9.69. The Bertz CT molecular complexity index is 479. The Balaban J connectivity index is 1.45. The summed E-state index contributed by atoms with van der Waals surface area (Å²) < 4.78 is 1.07. The molecule has 20 heavy (non-hydrogen) atoms. The van der Waals surface area contributed by atoms with E-state index in [1.165, 1.54) is 18.4 Å². The van der Waals surface area contributed by atoms with Crippen molar-refractivity contribution >= 4 is 21.8 Å². The molecule has 2 aliphatic rings. The molecule has 3 rings (SSSR count). The van der Waals surface area contributed by atoms with Gasteiger partial charge in [0.25, 0.3) is 0 Å². The molecule has 1 aromatic carbocycles. The highest BCUT2D eigenvalue weighted by Crippen LogP contribution is 2.26. The lowest BCUT2D eigenvalue weighted by molar-refractivity contribution is -0.122. The van der Waals surface area contributed by atoms with E-state index >= 15 is 0 Å². The first-order valence-corrected chi connectivity index (χ1v) is 8.28. The molecule has 2 saturated heterocycles. The Morgan fingerprint density at radius 1 is 1.30 bits per heavy atom. The Morgan fingerprint density at radius 2 is 2.05 bits per heavy atom. The Morgan fingerprint density at radius 3 is 2.75 bits per heavy atom. The van der Waals surface area contributed by atoms with Gasteiger partial charge in [-0.15, -0.1) is 0 Å². The minimum absolute atomic E-state index is 0.191. The molecular weight excluding hydrogens is 316 g/mol. The average Bonchev–Trinajstić information content (AvgIpc) is 2.76. The lowest BCUT2D eigenvalue weighted by atomic mass is 9.99. The maximum absolute atomic E-state index is 12.1. The molecule has 0 aliphatic carbocycles. The second-order valence-electron chi connectivity index (χ2n) is 6.00. The van der Waals surface area contributed by atoms with Crippen LogP contribution < -0.4 is 10.6 Å². The number of aryl methyl sites for hydroxylation is 1. The number of amides is 1. The molecule has 1 amide bonds. The van der Waals surface area contributed by atoms with Crippen molar-refractivity contribution in [3.63, 3.8) is 0 Å². The van der Waals surface area contributed by atoms with Gasteiger partial charge in [0.15, 0.2) is 0 Å². The monoisotopic (exact) mass is 336 g/mol. The summed E-state index contributed by atoms with van der Waals surface area (Å²) in [5.74, 6) is 0.191. The highest BCUT2D eigenvalue weighted by Gasteiger charge is 2.33. The van der Waals surface area contributed by atoms with Crippen LogP contribution in [0.2, 0.25) is 0 Å². The summed E-state index contributed by atoms with van der Waals surface area (Å²) >= 11 is 3.46. The smallest absolute Gasteiger partial charge is 0.220 e. The highest BCUT2D eigenvalue weighted by atomic mass is 79.9. The van der Waals surface area contributed by atoms with E-state index in [-0.39, 0.29) is 5.91 Å². The summed E-state index contributed by atoms with van der Waals surface area (Å²) in [5.41, 5.74) is 1.21. The van der Waals surface area contributed by atoms with Crippen LogP contribution in [0.1, 0.15) is 37.7 Å². The van der Waals surface area contributed by atoms with Crippen molar-refractivity contribution in [3.8, 4) is 0 Å². The molecule has 1 aromatic rings. The first kappa shape index (κ1) is 14.1. The molecule has 3 nitrogen and oxygen atoms in total. The number of hydrogen-bond donors (Lipinski definition) is 2. The van der Waals surface area contributed by atoms with E-state index in [1.807, 2.05) is 12.1 Å². The van der Waals surface area contributed by atoms with Crippen molar-refractivity contribution in [2.75, 3.05) is 0 Å². The zero-order valence-electron chi connectivity index (χ0n) is 11.6. The fraction of sp³-hybridized carbons (Fsp3) is 0.562. The highest BCUT2D eigenvalue weighted by molar-refractivity contribution is 9.10. The molecule has 0 spiro atoms. The third-order valence-electron chi connectivity index (χ3n) is 4.37. The molecule has 4 heteroatoms. The van der Waals surface area contributed by atoms with Crippen molar-refractivity contribution in [1.29, 1.82) is 0 Å². The number of rotatable bonds is 4. The summed E-state index contributed by atoms with van der Waals surface area (Å²) in [6.07, 6.45) is 6.13. The van der Waals surface area contributed by atoms with Gasteiger partial charge in [0.1, 0.15) is 0 Å². The fourth-order valence-electron chi connectivity index (χ4n) is 3.43. The van der Waals surface area contributed by atoms with Crippen molar-refractivity contribution in [1.82, 2.24) is 10.6 Å². The Labute approximate surface area is 128 Å². The quantitative estimate of drug-likeness (QED) is 0.887. The first-order valence-electron chi connectivity index (χ1n) is 7.49. The Hall–Kier alpha value is -0.870. The van der Waals surface area contributed by atoms with Crippen LogP contribution >= 0.6 is 15.9 Å². The van der Waals surface area contributed by atoms with Gasteiger partial charge in [-0.05, 0) is 49.8 Å². The van der Waals surface area contributed by atoms with E-state index in [9.17, 15) is 4.79 Å². The summed E-state index contributed by atoms with van der Waals surface area (Å²) in [4.78, 5) is 12.1. The second kappa shape index (κ2) is 6.27. The van der Waals surface area contributed by atoms with Crippen LogP contribution in [0.25, 0.3) is 0 Å². The summed E-state index contributed by atoms with van der Waals surface area (Å²) in [5, 5.41) is 6.81. The lowest BCUT2D eigenvalue weighted by Gasteiger charge is -2.29. The largest absolute Gasteiger partial charge is 0.353 e. The third-order valence-corrected chi connectivity index (χ3v) is 4.86. The van der Waals surface area contributed by atoms with Crippen LogP contribution in [-0.4, -0.2) is 24.0 Å². The van der Waals surface area contributed by atoms with Crippen molar-refractivity contribution in [2.24, 2.45) is 0 Å². The zero-order chi connectivity index (χ0) is 13.9. The van der Waals surface area contributed by atoms with Crippen molar-refractivity contribution in [3.05, 3.63) is 34.3 Å². The molecular formula is C16H21BrN2O. The average molecular weight is 337 g/mol. The standard InChI is InChI=1S/C16H21BrN2O/c17-12-3-1-2-11(8-12)4-7-16(20)19-15-9-13-5-6-14(10-15)18-13/h1-3,8,13-15,18H,4-7,9-10H2,(H,19,20). The Kier molecular flexibility index (Phi) is 4.41. The van der Waals surface area contributed by atoms with E-state index < -0.39 is 0 Å². The molecule has 2 fully saturated rings.